The predicted molar refractivity (Wildman–Crippen MR) is 115 cm³/mol. The maximum Gasteiger partial charge on any atom is 0.191 e. The molecule has 1 heterocycles. The minimum Gasteiger partial charge on any atom is -0.505 e. The molecule has 0 spiro atoms. The number of piperidine rings is 1. The highest BCUT2D eigenvalue weighted by Crippen LogP contribution is 2.20. The number of phenols is 1. The van der Waals surface area contributed by atoms with Gasteiger partial charge in [-0.1, -0.05) is 36.4 Å². The number of likely N-dealkylation sites (tertiary alicyclic amines) is 1. The second-order valence-electron chi connectivity index (χ2n) is 7.65. The number of hydrogen-bond donors (Lipinski definition) is 3. The fraction of sp³-hybridized carbons (Fsp3) is 0.435. The van der Waals surface area contributed by atoms with Gasteiger partial charge in [0.15, 0.2) is 17.5 Å². The van der Waals surface area contributed by atoms with E-state index in [0.717, 1.165) is 44.0 Å². The van der Waals surface area contributed by atoms with Gasteiger partial charge in [0.05, 0.1) is 6.54 Å². The number of aliphatic imine (C=N–C) groups is 1. The van der Waals surface area contributed by atoms with Gasteiger partial charge in [0, 0.05) is 31.7 Å². The number of guanidine groups is 1. The van der Waals surface area contributed by atoms with Crippen LogP contribution in [0.5, 0.6) is 5.75 Å². The molecule has 0 amide bonds. The molecule has 1 saturated heterocycles. The number of aromatic hydroxyl groups is 1. The average molecular weight is 399 g/mol. The number of rotatable bonds is 6. The standard InChI is InChI=1S/C23H31FN4O/c1-3-25-23(26-15-19-9-10-22(29)21(24)14-19)27-20-11-12-28(17(2)13-20)16-18-7-5-4-6-8-18/h4-10,14,17,20,29H,3,11-13,15-16H2,1-2H3,(H2,25,26,27). The Morgan fingerprint density at radius 3 is 2.69 bits per heavy atom. The maximum atomic E-state index is 13.5. The van der Waals surface area contributed by atoms with Crippen LogP contribution in [0.1, 0.15) is 37.8 Å². The van der Waals surface area contributed by atoms with Gasteiger partial charge < -0.3 is 15.7 Å². The molecule has 1 aliphatic heterocycles. The third-order valence-corrected chi connectivity index (χ3v) is 5.36. The number of benzene rings is 2. The monoisotopic (exact) mass is 398 g/mol. The summed E-state index contributed by atoms with van der Waals surface area (Å²) in [5.41, 5.74) is 2.07. The smallest absolute Gasteiger partial charge is 0.191 e. The molecule has 1 fully saturated rings. The van der Waals surface area contributed by atoms with E-state index in [1.165, 1.54) is 17.7 Å². The maximum absolute atomic E-state index is 13.5. The van der Waals surface area contributed by atoms with Crippen LogP contribution >= 0.6 is 0 Å². The summed E-state index contributed by atoms with van der Waals surface area (Å²) in [6, 6.07) is 15.8. The summed E-state index contributed by atoms with van der Waals surface area (Å²) in [5, 5.41) is 16.1. The van der Waals surface area contributed by atoms with E-state index >= 15 is 0 Å². The molecule has 2 aromatic rings. The zero-order chi connectivity index (χ0) is 20.6. The minimum absolute atomic E-state index is 0.334. The Bertz CT molecular complexity index is 812. The van der Waals surface area contributed by atoms with Gasteiger partial charge in [-0.05, 0) is 49.9 Å². The lowest BCUT2D eigenvalue weighted by molar-refractivity contribution is 0.134. The van der Waals surface area contributed by atoms with Crippen LogP contribution in [-0.2, 0) is 13.1 Å². The summed E-state index contributed by atoms with van der Waals surface area (Å²) in [6.07, 6.45) is 2.10. The summed E-state index contributed by atoms with van der Waals surface area (Å²) in [4.78, 5) is 7.12. The molecule has 0 bridgehead atoms. The van der Waals surface area contributed by atoms with Crippen molar-refractivity contribution in [1.29, 1.82) is 0 Å². The lowest BCUT2D eigenvalue weighted by atomic mass is 9.97. The van der Waals surface area contributed by atoms with Gasteiger partial charge in [-0.25, -0.2) is 9.38 Å². The van der Waals surface area contributed by atoms with Crippen molar-refractivity contribution in [3.63, 3.8) is 0 Å². The number of phenolic OH excluding ortho intramolecular Hbond substituents is 1. The van der Waals surface area contributed by atoms with Gasteiger partial charge in [-0.3, -0.25) is 4.90 Å². The van der Waals surface area contributed by atoms with E-state index in [9.17, 15) is 9.50 Å². The predicted octanol–water partition coefficient (Wildman–Crippen LogP) is 3.64. The Labute approximate surface area is 172 Å². The van der Waals surface area contributed by atoms with Crippen molar-refractivity contribution in [1.82, 2.24) is 15.5 Å². The van der Waals surface area contributed by atoms with E-state index in [2.05, 4.69) is 57.8 Å². The SMILES string of the molecule is CCNC(=NCc1ccc(O)c(F)c1)NC1CCN(Cc2ccccc2)C(C)C1. The largest absolute Gasteiger partial charge is 0.505 e. The summed E-state index contributed by atoms with van der Waals surface area (Å²) in [5.74, 6) is -0.205. The zero-order valence-corrected chi connectivity index (χ0v) is 17.2. The number of halogens is 1. The molecule has 0 saturated carbocycles. The Morgan fingerprint density at radius 2 is 2.00 bits per heavy atom. The highest BCUT2D eigenvalue weighted by atomic mass is 19.1. The van der Waals surface area contributed by atoms with E-state index in [0.29, 0.717) is 18.6 Å². The molecule has 0 radical (unpaired) electrons. The first kappa shape index (κ1) is 21.1. The van der Waals surface area contributed by atoms with Crippen molar-refractivity contribution in [2.24, 2.45) is 4.99 Å². The third-order valence-electron chi connectivity index (χ3n) is 5.36. The number of hydrogen-bond acceptors (Lipinski definition) is 3. The van der Waals surface area contributed by atoms with Crippen LogP contribution in [0.3, 0.4) is 0 Å². The Morgan fingerprint density at radius 1 is 1.21 bits per heavy atom. The van der Waals surface area contributed by atoms with Crippen molar-refractivity contribution in [3.05, 3.63) is 65.5 Å². The van der Waals surface area contributed by atoms with E-state index in [-0.39, 0.29) is 5.75 Å². The first-order valence-electron chi connectivity index (χ1n) is 10.4. The first-order chi connectivity index (χ1) is 14.0. The van der Waals surface area contributed by atoms with Crippen LogP contribution in [0.2, 0.25) is 0 Å². The minimum atomic E-state index is -0.615. The van der Waals surface area contributed by atoms with E-state index < -0.39 is 5.82 Å². The quantitative estimate of drug-likeness (QED) is 0.514. The summed E-state index contributed by atoms with van der Waals surface area (Å²) in [6.45, 7) is 7.45. The van der Waals surface area contributed by atoms with Crippen molar-refractivity contribution < 1.29 is 9.50 Å². The first-order valence-corrected chi connectivity index (χ1v) is 10.4. The molecular weight excluding hydrogens is 367 g/mol. The van der Waals surface area contributed by atoms with Gasteiger partial charge in [-0.15, -0.1) is 0 Å². The molecule has 29 heavy (non-hydrogen) atoms. The van der Waals surface area contributed by atoms with Crippen molar-refractivity contribution in [2.75, 3.05) is 13.1 Å². The van der Waals surface area contributed by atoms with Gasteiger partial charge in [0.25, 0.3) is 0 Å². The van der Waals surface area contributed by atoms with Crippen LogP contribution in [-0.4, -0.2) is 41.1 Å². The summed E-state index contributed by atoms with van der Waals surface area (Å²) < 4.78 is 13.5. The van der Waals surface area contributed by atoms with Crippen LogP contribution in [0.25, 0.3) is 0 Å². The van der Waals surface area contributed by atoms with Crippen LogP contribution < -0.4 is 10.6 Å². The molecule has 2 aromatic carbocycles. The molecule has 0 aromatic heterocycles. The number of nitrogens with one attached hydrogen (secondary N) is 2. The van der Waals surface area contributed by atoms with E-state index in [1.807, 2.05) is 6.92 Å². The normalized spacial score (nSPS) is 20.4. The molecule has 3 rings (SSSR count). The fourth-order valence-corrected chi connectivity index (χ4v) is 3.74. The van der Waals surface area contributed by atoms with Gasteiger partial charge >= 0.3 is 0 Å². The molecule has 1 aliphatic rings. The summed E-state index contributed by atoms with van der Waals surface area (Å²) in [7, 11) is 0. The molecular formula is C23H31FN4O. The molecule has 156 valence electrons. The van der Waals surface area contributed by atoms with Crippen LogP contribution in [0.4, 0.5) is 4.39 Å². The molecule has 5 nitrogen and oxygen atoms in total. The topological polar surface area (TPSA) is 59.9 Å². The molecule has 3 N–H and O–H groups in total. The zero-order valence-electron chi connectivity index (χ0n) is 17.2. The highest BCUT2D eigenvalue weighted by Gasteiger charge is 2.25. The van der Waals surface area contributed by atoms with Crippen LogP contribution in [0.15, 0.2) is 53.5 Å². The summed E-state index contributed by atoms with van der Waals surface area (Å²) >= 11 is 0. The Hall–Kier alpha value is -2.60. The van der Waals surface area contributed by atoms with E-state index in [4.69, 9.17) is 0 Å². The Balaban J connectivity index is 1.56. The molecule has 2 atom stereocenters. The molecule has 2 unspecified atom stereocenters. The lowest BCUT2D eigenvalue weighted by Crippen LogP contribution is -2.51. The van der Waals surface area contributed by atoms with E-state index in [1.54, 1.807) is 6.07 Å². The van der Waals surface area contributed by atoms with Crippen molar-refractivity contribution >= 4 is 5.96 Å². The second-order valence-corrected chi connectivity index (χ2v) is 7.65. The highest BCUT2D eigenvalue weighted by molar-refractivity contribution is 5.80. The lowest BCUT2D eigenvalue weighted by Gasteiger charge is -2.38. The third kappa shape index (κ3) is 6.19. The average Bonchev–Trinajstić information content (AvgIpc) is 2.72. The van der Waals surface area contributed by atoms with Gasteiger partial charge in [0.1, 0.15) is 0 Å². The van der Waals surface area contributed by atoms with Gasteiger partial charge in [0.2, 0.25) is 0 Å². The Kier molecular flexibility index (Phi) is 7.47. The van der Waals surface area contributed by atoms with Gasteiger partial charge in [-0.2, -0.15) is 0 Å². The number of nitrogens with zero attached hydrogens (tertiary/aromatic N) is 2. The molecule has 6 heteroatoms. The second kappa shape index (κ2) is 10.3. The fourth-order valence-electron chi connectivity index (χ4n) is 3.74. The molecule has 0 aliphatic carbocycles. The van der Waals surface area contributed by atoms with Crippen molar-refractivity contribution in [2.45, 2.75) is 51.9 Å². The van der Waals surface area contributed by atoms with Crippen LogP contribution in [0, 0.1) is 5.82 Å². The van der Waals surface area contributed by atoms with Crippen molar-refractivity contribution in [3.8, 4) is 5.75 Å².